The predicted molar refractivity (Wildman–Crippen MR) is 346 cm³/mol. The number of carbonyl (C=O) groups is 2. The quantitative estimate of drug-likeness (QED) is 0.0505. The molecule has 8 aliphatic heterocycles. The van der Waals surface area contributed by atoms with Crippen molar-refractivity contribution in [3.63, 3.8) is 0 Å². The van der Waals surface area contributed by atoms with E-state index in [4.69, 9.17) is 114 Å². The lowest BCUT2D eigenvalue weighted by Gasteiger charge is -2.58. The van der Waals surface area contributed by atoms with Crippen LogP contribution in [-0.2, 0) is 124 Å². The normalized spacial score (nSPS) is 49.4. The first-order valence-electron chi connectivity index (χ1n) is 36.6. The van der Waals surface area contributed by atoms with Gasteiger partial charge in [-0.05, 0) is 140 Å². The molecule has 0 radical (unpaired) electrons. The van der Waals surface area contributed by atoms with Gasteiger partial charge in [-0.1, -0.05) is 25.5 Å². The molecule has 4 aliphatic carbocycles. The highest BCUT2D eigenvalue weighted by Gasteiger charge is 2.62. The number of ketones is 1. The van der Waals surface area contributed by atoms with Gasteiger partial charge >= 0.3 is 5.97 Å². The molecule has 7 saturated heterocycles. The van der Waals surface area contributed by atoms with Crippen molar-refractivity contribution < 1.29 is 134 Å². The summed E-state index contributed by atoms with van der Waals surface area (Å²) in [6.45, 7) is 19.3. The molecule has 1 spiro atoms. The zero-order chi connectivity index (χ0) is 71.3. The smallest absolute Gasteiger partial charge is 0.303 e. The van der Waals surface area contributed by atoms with Gasteiger partial charge in [-0.15, -0.1) is 0 Å². The monoisotopic (exact) mass is 1430 g/mol. The van der Waals surface area contributed by atoms with Gasteiger partial charge in [-0.25, -0.2) is 14.7 Å². The Hall–Kier alpha value is -2.54. The second kappa shape index (κ2) is 32.5. The standard InChI is InChI=1S/C72H114O28/c1-34-25-48(77-11)60(76)68(84-34)91-43-21-23-70(9)42(26-43)17-18-44-46-20-19-45(71(46,10)24-22-47(44)70)35(2)85-55-30-52-64(39(6)88-55)99-100-72(33-83-52)31-53(81-15)65(40(7)96-72)98-97-58-29-51(80-14)62(37(4)89-58)94-56-27-49(78-12)61(36(3)86-56)93-57-28-50(79-13)63(38(5)87-57)95-69-67(90-41(8)74)66(82-16)59(75)54(32-73)92-69/h17,25,34-40,43-47,49-59,61-69,73,75H,18-24,26-33H2,1-16H3/t34-,35?,36-,37-,38-,39-,40-,43+,44+,45-,46+,47+,49+,50+,51+,52-,53-,54-,55-,56+,57+,58+,59+,61-,62-,63-,64-,65-,66+,67-,68?,69+,70+,71-,72-/m1/s1. The third kappa shape index (κ3) is 15.8. The molecule has 100 heavy (non-hydrogen) atoms. The SMILES string of the molecule is COC1=C[C@@H](C)OC(O[C@H]2CC[C@@]3(C)C(=CC[C@H]4[C@@H]5CC[C@H](C(C)O[C@H]6C[C@H]7OC[C@@]8(C[C@@H](OC)[C@H](OO[C@H]9C[C@H](OC)[C@H](O[C@H]%10C[C@H](OC)[C@H](O[C@H]%11C[C@H](OC)[C@H](O[C@@H]%12O[C@H](CO)[C@H](O)[C@H](OC)[C@H]%12OC(C)=O)[C@@H](C)O%11)[C@@H](C)O%10)[C@@H](C)O9)[C@@H](C)O8)OO[C@@H]7[C@@H](C)O6)[C@@]5(C)CC[C@@H]43)C2)C1=O. The average molecular weight is 1430 g/mol. The van der Waals surface area contributed by atoms with Gasteiger partial charge in [0.25, 0.3) is 5.78 Å². The number of esters is 1. The first-order chi connectivity index (χ1) is 47.9. The lowest BCUT2D eigenvalue weighted by Crippen LogP contribution is -2.63. The number of rotatable bonds is 22. The molecular weight excluding hydrogens is 1310 g/mol. The summed E-state index contributed by atoms with van der Waals surface area (Å²) >= 11 is 0. The van der Waals surface area contributed by atoms with E-state index in [1.54, 1.807) is 34.3 Å². The van der Waals surface area contributed by atoms with Crippen molar-refractivity contribution in [1.29, 1.82) is 0 Å². The number of allylic oxidation sites excluding steroid dienone is 1. The van der Waals surface area contributed by atoms with Crippen LogP contribution in [0.3, 0.4) is 0 Å². The summed E-state index contributed by atoms with van der Waals surface area (Å²) in [6.07, 6.45) is -4.37. The van der Waals surface area contributed by atoms with Gasteiger partial charge in [0.2, 0.25) is 12.1 Å². The van der Waals surface area contributed by atoms with Crippen LogP contribution < -0.4 is 0 Å². The van der Waals surface area contributed by atoms with Crippen molar-refractivity contribution in [1.82, 2.24) is 0 Å². The molecule has 28 nitrogen and oxygen atoms in total. The van der Waals surface area contributed by atoms with E-state index in [0.29, 0.717) is 42.3 Å². The van der Waals surface area contributed by atoms with Crippen molar-refractivity contribution in [2.45, 2.75) is 331 Å². The van der Waals surface area contributed by atoms with E-state index in [2.05, 4.69) is 26.8 Å². The Kier molecular flexibility index (Phi) is 25.1. The number of aliphatic hydroxyl groups excluding tert-OH is 2. The van der Waals surface area contributed by atoms with Crippen molar-refractivity contribution in [3.05, 3.63) is 23.5 Å². The van der Waals surface area contributed by atoms with Gasteiger partial charge in [0.05, 0.1) is 93.1 Å². The van der Waals surface area contributed by atoms with Crippen LogP contribution in [0.4, 0.5) is 0 Å². The fraction of sp³-hybridized carbons (Fsp3) is 0.917. The number of hydrogen-bond donors (Lipinski definition) is 2. The van der Waals surface area contributed by atoms with Crippen LogP contribution in [0.5, 0.6) is 0 Å². The van der Waals surface area contributed by atoms with Crippen molar-refractivity contribution in [2.24, 2.45) is 34.5 Å². The first-order valence-corrected chi connectivity index (χ1v) is 36.6. The lowest BCUT2D eigenvalue weighted by atomic mass is 9.47. The van der Waals surface area contributed by atoms with E-state index in [1.807, 2.05) is 34.6 Å². The van der Waals surface area contributed by atoms with E-state index in [-0.39, 0.29) is 60.8 Å². The molecule has 0 aromatic heterocycles. The van der Waals surface area contributed by atoms with Gasteiger partial charge < -0.3 is 105 Å². The Labute approximate surface area is 588 Å². The number of hydrogen-bond acceptors (Lipinski definition) is 28. The van der Waals surface area contributed by atoms with Gasteiger partial charge in [0.15, 0.2) is 43.3 Å². The van der Waals surface area contributed by atoms with E-state index in [0.717, 1.165) is 38.5 Å². The maximum Gasteiger partial charge on any atom is 0.303 e. The van der Waals surface area contributed by atoms with Crippen LogP contribution in [0.1, 0.15) is 153 Å². The second-order valence-corrected chi connectivity index (χ2v) is 30.6. The summed E-state index contributed by atoms with van der Waals surface area (Å²) < 4.78 is 125. The van der Waals surface area contributed by atoms with Crippen LogP contribution in [0, 0.1) is 34.5 Å². The third-order valence-corrected chi connectivity index (χ3v) is 24.6. The Morgan fingerprint density at radius 2 is 1.30 bits per heavy atom. The van der Waals surface area contributed by atoms with Crippen LogP contribution in [0.25, 0.3) is 0 Å². The second-order valence-electron chi connectivity index (χ2n) is 30.6. The van der Waals surface area contributed by atoms with Crippen molar-refractivity contribution in [3.8, 4) is 0 Å². The fourth-order valence-corrected chi connectivity index (χ4v) is 19.4. The van der Waals surface area contributed by atoms with E-state index < -0.39 is 172 Å². The Morgan fingerprint density at radius 3 is 1.93 bits per heavy atom. The largest absolute Gasteiger partial charge is 0.493 e. The number of aliphatic hydroxyl groups is 2. The molecule has 570 valence electrons. The molecule has 10 fully saturated rings. The number of Topliss-reactive ketones (excluding diaryl/α,β-unsaturated/α-hetero) is 1. The van der Waals surface area contributed by atoms with Crippen LogP contribution in [0.2, 0.25) is 0 Å². The highest BCUT2D eigenvalue weighted by Crippen LogP contribution is 2.67. The van der Waals surface area contributed by atoms with Gasteiger partial charge in [0.1, 0.15) is 55.4 Å². The van der Waals surface area contributed by atoms with Crippen LogP contribution in [0.15, 0.2) is 23.5 Å². The van der Waals surface area contributed by atoms with Gasteiger partial charge in [-0.3, -0.25) is 9.59 Å². The summed E-state index contributed by atoms with van der Waals surface area (Å²) in [5.41, 5.74) is 1.72. The van der Waals surface area contributed by atoms with Gasteiger partial charge in [0, 0.05) is 74.6 Å². The highest BCUT2D eigenvalue weighted by atomic mass is 17.2. The molecule has 0 aromatic carbocycles. The summed E-state index contributed by atoms with van der Waals surface area (Å²) in [5.74, 6) is 0.267. The average Bonchev–Trinajstić information content (AvgIpc) is 1.41. The van der Waals surface area contributed by atoms with Crippen molar-refractivity contribution in [2.75, 3.05) is 55.9 Å². The number of fused-ring (bicyclic) bond motifs is 6. The van der Waals surface area contributed by atoms with E-state index in [1.165, 1.54) is 46.7 Å². The van der Waals surface area contributed by atoms with E-state index >= 15 is 0 Å². The molecule has 12 rings (SSSR count). The molecular formula is C72H114O28. The molecule has 0 aromatic rings. The highest BCUT2D eigenvalue weighted by molar-refractivity contribution is 5.96. The molecule has 28 heteroatoms. The molecule has 8 heterocycles. The van der Waals surface area contributed by atoms with Crippen LogP contribution in [-0.4, -0.2) is 256 Å². The molecule has 3 saturated carbocycles. The minimum absolute atomic E-state index is 0.0427. The van der Waals surface area contributed by atoms with Crippen molar-refractivity contribution >= 4 is 11.8 Å². The maximum atomic E-state index is 13.1. The molecule has 35 atom stereocenters. The molecule has 0 bridgehead atoms. The van der Waals surface area contributed by atoms with Crippen LogP contribution >= 0.6 is 0 Å². The van der Waals surface area contributed by atoms with E-state index in [9.17, 15) is 19.8 Å². The number of methoxy groups -OCH3 is 6. The number of ether oxygens (including phenoxy) is 20. The Balaban J connectivity index is 0.589. The topological polar surface area (TPSA) is 296 Å². The number of carbonyl (C=O) groups excluding carboxylic acids is 2. The Morgan fingerprint density at radius 1 is 0.660 bits per heavy atom. The molecule has 2 unspecified atom stereocenters. The molecule has 12 aliphatic rings. The zero-order valence-electron chi connectivity index (χ0n) is 61.2. The minimum Gasteiger partial charge on any atom is -0.493 e. The predicted octanol–water partition coefficient (Wildman–Crippen LogP) is 6.52. The van der Waals surface area contributed by atoms with Gasteiger partial charge in [-0.2, -0.15) is 4.89 Å². The lowest BCUT2D eigenvalue weighted by molar-refractivity contribution is -0.491. The first kappa shape index (κ1) is 77.1. The molecule has 2 N–H and O–H groups in total. The molecule has 0 amide bonds. The maximum absolute atomic E-state index is 13.1. The summed E-state index contributed by atoms with van der Waals surface area (Å²) in [6, 6.07) is 0. The summed E-state index contributed by atoms with van der Waals surface area (Å²) in [7, 11) is 9.23. The zero-order valence-corrected chi connectivity index (χ0v) is 61.2. The summed E-state index contributed by atoms with van der Waals surface area (Å²) in [5, 5.41) is 20.8. The Bertz CT molecular complexity index is 2780. The summed E-state index contributed by atoms with van der Waals surface area (Å²) in [4.78, 5) is 50.0. The minimum atomic E-state index is -1.33. The fourth-order valence-electron chi connectivity index (χ4n) is 19.4. The third-order valence-electron chi connectivity index (χ3n) is 24.6.